The van der Waals surface area contributed by atoms with E-state index in [9.17, 15) is 0 Å². The first kappa shape index (κ1) is 36.7. The van der Waals surface area contributed by atoms with Crippen molar-refractivity contribution in [1.82, 2.24) is 0 Å². The molecule has 0 saturated heterocycles. The zero-order valence-electron chi connectivity index (χ0n) is 36.0. The summed E-state index contributed by atoms with van der Waals surface area (Å²) in [4.78, 5) is 2.58. The average Bonchev–Trinajstić information content (AvgIpc) is 4.09. The highest BCUT2D eigenvalue weighted by molar-refractivity contribution is 6.09. The molecule has 4 aliphatic carbocycles. The van der Waals surface area contributed by atoms with E-state index in [1.165, 1.54) is 120 Å². The van der Waals surface area contributed by atoms with Gasteiger partial charge in [0, 0.05) is 27.8 Å². The number of rotatable bonds is 6. The molecule has 9 aromatic carbocycles. The van der Waals surface area contributed by atoms with Gasteiger partial charge in [-0.2, -0.15) is 0 Å². The van der Waals surface area contributed by atoms with Crippen LogP contribution in [0.1, 0.15) is 61.8 Å². The lowest BCUT2D eigenvalue weighted by atomic mass is 9.67. The minimum Gasteiger partial charge on any atom is -0.310 e. The lowest BCUT2D eigenvalue weighted by molar-refractivity contribution is 0.327. The first-order valence-corrected chi connectivity index (χ1v) is 23.0. The maximum absolute atomic E-state index is 2.61. The Bertz CT molecular complexity index is 3290. The monoisotopic (exact) mass is 807 g/mol. The van der Waals surface area contributed by atoms with E-state index in [-0.39, 0.29) is 10.8 Å². The molecule has 3 atom stereocenters. The van der Waals surface area contributed by atoms with Crippen LogP contribution in [0.2, 0.25) is 0 Å². The molecular weight excluding hydrogens is 759 g/mol. The van der Waals surface area contributed by atoms with Crippen molar-refractivity contribution in [3.63, 3.8) is 0 Å². The maximum Gasteiger partial charge on any atom is 0.0540 e. The Morgan fingerprint density at radius 1 is 0.429 bits per heavy atom. The van der Waals surface area contributed by atoms with Crippen molar-refractivity contribution in [3.8, 4) is 55.6 Å². The Labute approximate surface area is 371 Å². The molecule has 1 nitrogen and oxygen atoms in total. The van der Waals surface area contributed by atoms with Crippen molar-refractivity contribution >= 4 is 27.8 Å². The minimum atomic E-state index is -0.125. The van der Waals surface area contributed by atoms with E-state index >= 15 is 0 Å². The third-order valence-electron chi connectivity index (χ3n) is 15.7. The Morgan fingerprint density at radius 2 is 1.03 bits per heavy atom. The summed E-state index contributed by atoms with van der Waals surface area (Å²) >= 11 is 0. The number of hydrogen-bond donors (Lipinski definition) is 0. The lowest BCUT2D eigenvalue weighted by Crippen LogP contribution is -2.32. The van der Waals surface area contributed by atoms with Crippen LogP contribution < -0.4 is 4.90 Å². The molecule has 2 bridgehead atoms. The van der Waals surface area contributed by atoms with Crippen LogP contribution in [0.4, 0.5) is 17.1 Å². The molecule has 0 aromatic heterocycles. The summed E-state index contributed by atoms with van der Waals surface area (Å²) in [5, 5.41) is 2.52. The van der Waals surface area contributed by atoms with Gasteiger partial charge in [0.2, 0.25) is 0 Å². The first-order valence-electron chi connectivity index (χ1n) is 23.0. The van der Waals surface area contributed by atoms with E-state index in [1.807, 2.05) is 0 Å². The van der Waals surface area contributed by atoms with Crippen molar-refractivity contribution in [3.05, 3.63) is 222 Å². The smallest absolute Gasteiger partial charge is 0.0540 e. The average molecular weight is 808 g/mol. The van der Waals surface area contributed by atoms with Gasteiger partial charge in [0.05, 0.1) is 5.69 Å². The summed E-state index contributed by atoms with van der Waals surface area (Å²) in [6.45, 7) is 4.80. The largest absolute Gasteiger partial charge is 0.310 e. The number of anilines is 3. The predicted molar refractivity (Wildman–Crippen MR) is 264 cm³/mol. The van der Waals surface area contributed by atoms with Gasteiger partial charge in [-0.3, -0.25) is 0 Å². The van der Waals surface area contributed by atoms with Crippen molar-refractivity contribution in [2.45, 2.75) is 50.4 Å². The fourth-order valence-corrected chi connectivity index (χ4v) is 13.2. The molecule has 3 unspecified atom stereocenters. The normalized spacial score (nSPS) is 19.5. The molecule has 0 radical (unpaired) electrons. The molecular formula is C62H49N. The fraction of sp³-hybridized carbons (Fsp3) is 0.161. The second-order valence-corrected chi connectivity index (χ2v) is 19.2. The highest BCUT2D eigenvalue weighted by Crippen LogP contribution is 2.66. The van der Waals surface area contributed by atoms with E-state index < -0.39 is 0 Å². The second-order valence-electron chi connectivity index (χ2n) is 19.2. The number of nitrogens with zero attached hydrogens (tertiary/aromatic N) is 1. The van der Waals surface area contributed by atoms with Gasteiger partial charge in [-0.15, -0.1) is 0 Å². The molecule has 1 heteroatoms. The van der Waals surface area contributed by atoms with E-state index in [1.54, 1.807) is 5.56 Å². The predicted octanol–water partition coefficient (Wildman–Crippen LogP) is 16.7. The third-order valence-corrected chi connectivity index (χ3v) is 15.7. The van der Waals surface area contributed by atoms with Gasteiger partial charge in [0.25, 0.3) is 0 Å². The summed E-state index contributed by atoms with van der Waals surface area (Å²) in [5.41, 5.74) is 22.4. The number of benzene rings is 9. The fourth-order valence-electron chi connectivity index (χ4n) is 13.2. The maximum atomic E-state index is 2.61. The van der Waals surface area contributed by atoms with Crippen LogP contribution in [0.25, 0.3) is 66.4 Å². The molecule has 0 aliphatic heterocycles. The van der Waals surface area contributed by atoms with Gasteiger partial charge in [0.15, 0.2) is 0 Å². The van der Waals surface area contributed by atoms with Crippen LogP contribution in [0.3, 0.4) is 0 Å². The molecule has 0 amide bonds. The highest BCUT2D eigenvalue weighted by Gasteiger charge is 2.56. The van der Waals surface area contributed by atoms with Gasteiger partial charge in [0.1, 0.15) is 0 Å². The van der Waals surface area contributed by atoms with E-state index in [2.05, 4.69) is 219 Å². The van der Waals surface area contributed by atoms with E-state index in [4.69, 9.17) is 0 Å². The molecule has 1 spiro atoms. The molecule has 13 rings (SSSR count). The molecule has 302 valence electrons. The minimum absolute atomic E-state index is 0.0727. The zero-order chi connectivity index (χ0) is 41.9. The SMILES string of the molecule is CC1(C)c2ccccc2-c2cccc(-c3cccc(N(c4ccc5c(c4)C4(CC6CCC4C6)c4ccccc4-5)c4ccccc4-c4cccc5cccc(-c6ccccc6)c45)c3)c21. The Kier molecular flexibility index (Phi) is 8.02. The van der Waals surface area contributed by atoms with Gasteiger partial charge < -0.3 is 4.90 Å². The molecule has 4 aliphatic rings. The molecule has 0 heterocycles. The topological polar surface area (TPSA) is 3.24 Å². The molecule has 63 heavy (non-hydrogen) atoms. The van der Waals surface area contributed by atoms with Gasteiger partial charge in [-0.05, 0) is 145 Å². The zero-order valence-corrected chi connectivity index (χ0v) is 36.0. The Morgan fingerprint density at radius 3 is 1.83 bits per heavy atom. The van der Waals surface area contributed by atoms with Crippen molar-refractivity contribution < 1.29 is 0 Å². The number of fused-ring (bicyclic) bond motifs is 12. The quantitative estimate of drug-likeness (QED) is 0.162. The molecule has 2 saturated carbocycles. The Balaban J connectivity index is 1.05. The lowest BCUT2D eigenvalue weighted by Gasteiger charge is -2.37. The highest BCUT2D eigenvalue weighted by atomic mass is 15.1. The number of hydrogen-bond acceptors (Lipinski definition) is 1. The van der Waals surface area contributed by atoms with Gasteiger partial charge in [-0.25, -0.2) is 0 Å². The third kappa shape index (κ3) is 5.29. The van der Waals surface area contributed by atoms with Gasteiger partial charge >= 0.3 is 0 Å². The standard InChI is InChI=1S/C62H49N/c1-61(2)55-29-9-6-23-50(55)54-28-15-26-48(60(54)61)43-20-12-21-45(37-43)63(46-34-35-51-49-22-7-10-30-56(49)62(57(51)38-46)39-40-32-33-44(62)36-40)58-31-11-8-24-52(58)53-27-14-19-42-18-13-25-47(59(42)53)41-16-4-3-5-17-41/h3-31,34-35,37-38,40,44H,32-33,36,39H2,1-2H3. The van der Waals surface area contributed by atoms with Crippen LogP contribution in [0.15, 0.2) is 200 Å². The van der Waals surface area contributed by atoms with E-state index in [0.29, 0.717) is 5.92 Å². The number of para-hydroxylation sites is 1. The summed E-state index contributed by atoms with van der Waals surface area (Å²) < 4.78 is 0. The summed E-state index contributed by atoms with van der Waals surface area (Å²) in [6, 6.07) is 75.7. The van der Waals surface area contributed by atoms with Crippen LogP contribution in [-0.2, 0) is 10.8 Å². The summed E-state index contributed by atoms with van der Waals surface area (Å²) in [5.74, 6) is 1.49. The molecule has 2 fully saturated rings. The second kappa shape index (κ2) is 13.8. The van der Waals surface area contributed by atoms with Crippen LogP contribution in [0, 0.1) is 11.8 Å². The first-order chi connectivity index (χ1) is 31.0. The van der Waals surface area contributed by atoms with E-state index in [0.717, 1.165) is 11.6 Å². The van der Waals surface area contributed by atoms with Crippen LogP contribution in [0.5, 0.6) is 0 Å². The molecule has 9 aromatic rings. The van der Waals surface area contributed by atoms with Crippen molar-refractivity contribution in [1.29, 1.82) is 0 Å². The summed E-state index contributed by atoms with van der Waals surface area (Å²) in [6.07, 6.45) is 5.30. The van der Waals surface area contributed by atoms with Gasteiger partial charge in [-0.1, -0.05) is 190 Å². The van der Waals surface area contributed by atoms with Crippen LogP contribution >= 0.6 is 0 Å². The van der Waals surface area contributed by atoms with Crippen LogP contribution in [-0.4, -0.2) is 0 Å². The molecule has 0 N–H and O–H groups in total. The van der Waals surface area contributed by atoms with Crippen molar-refractivity contribution in [2.75, 3.05) is 4.90 Å². The Hall–Kier alpha value is -6.96. The van der Waals surface area contributed by atoms with Crippen molar-refractivity contribution in [2.24, 2.45) is 11.8 Å². The summed E-state index contributed by atoms with van der Waals surface area (Å²) in [7, 11) is 0.